The molecule has 7 nitrogen and oxygen atoms in total. The minimum absolute atomic E-state index is 0.0425. The van der Waals surface area contributed by atoms with Gasteiger partial charge in [-0.1, -0.05) is 11.6 Å². The summed E-state index contributed by atoms with van der Waals surface area (Å²) < 4.78 is 0. The Morgan fingerprint density at radius 2 is 2.42 bits per heavy atom. The van der Waals surface area contributed by atoms with Crippen LogP contribution in [0.25, 0.3) is 0 Å². The maximum absolute atomic E-state index is 11.7. The average Bonchev–Trinajstić information content (AvgIpc) is 2.47. The number of aromatic nitrogens is 2. The van der Waals surface area contributed by atoms with E-state index in [-0.39, 0.29) is 11.8 Å². The van der Waals surface area contributed by atoms with Gasteiger partial charge in [-0.3, -0.25) is 10.2 Å². The van der Waals surface area contributed by atoms with E-state index in [4.69, 9.17) is 17.4 Å². The minimum Gasteiger partial charge on any atom is -0.359 e. The van der Waals surface area contributed by atoms with E-state index in [1.165, 1.54) is 6.20 Å². The minimum atomic E-state index is -0.0425. The van der Waals surface area contributed by atoms with Gasteiger partial charge in [0.2, 0.25) is 11.9 Å². The number of amides is 1. The van der Waals surface area contributed by atoms with Crippen molar-refractivity contribution in [3.63, 3.8) is 0 Å². The molecule has 1 aliphatic rings. The van der Waals surface area contributed by atoms with E-state index in [1.807, 2.05) is 4.90 Å². The maximum atomic E-state index is 11.7. The van der Waals surface area contributed by atoms with E-state index in [0.29, 0.717) is 23.3 Å². The zero-order valence-corrected chi connectivity index (χ0v) is 11.4. The lowest BCUT2D eigenvalue weighted by Gasteiger charge is -2.33. The van der Waals surface area contributed by atoms with Gasteiger partial charge in [-0.2, -0.15) is 4.98 Å². The molecule has 0 spiro atoms. The molecule has 1 aliphatic heterocycles. The molecule has 1 aromatic heterocycles. The predicted molar refractivity (Wildman–Crippen MR) is 73.9 cm³/mol. The first kappa shape index (κ1) is 13.8. The Kier molecular flexibility index (Phi) is 4.39. The van der Waals surface area contributed by atoms with Crippen LogP contribution in [-0.4, -0.2) is 36.0 Å². The third-order valence-electron chi connectivity index (χ3n) is 3.19. The number of anilines is 2. The van der Waals surface area contributed by atoms with Crippen molar-refractivity contribution >= 4 is 29.3 Å². The second kappa shape index (κ2) is 6.03. The summed E-state index contributed by atoms with van der Waals surface area (Å²) in [6.07, 6.45) is 3.30. The van der Waals surface area contributed by atoms with E-state index in [0.717, 1.165) is 19.4 Å². The van der Waals surface area contributed by atoms with Crippen molar-refractivity contribution in [1.29, 1.82) is 0 Å². The smallest absolute Gasteiger partial charge is 0.239 e. The average molecular weight is 285 g/mol. The zero-order chi connectivity index (χ0) is 13.8. The normalized spacial score (nSPS) is 19.1. The highest BCUT2D eigenvalue weighted by atomic mass is 35.5. The summed E-state index contributed by atoms with van der Waals surface area (Å²) in [4.78, 5) is 21.9. The number of hydrogen-bond donors (Lipinski definition) is 3. The topological polar surface area (TPSA) is 96.2 Å². The van der Waals surface area contributed by atoms with E-state index in [2.05, 4.69) is 20.7 Å². The number of nitrogens with zero attached hydrogens (tertiary/aromatic N) is 3. The van der Waals surface area contributed by atoms with E-state index in [1.54, 1.807) is 7.05 Å². The van der Waals surface area contributed by atoms with Crippen molar-refractivity contribution in [2.45, 2.75) is 12.8 Å². The second-order valence-corrected chi connectivity index (χ2v) is 4.82. The Bertz CT molecular complexity index is 468. The molecule has 2 rings (SSSR count). The summed E-state index contributed by atoms with van der Waals surface area (Å²) in [5.74, 6) is 6.22. The van der Waals surface area contributed by atoms with Crippen molar-refractivity contribution in [2.24, 2.45) is 11.8 Å². The van der Waals surface area contributed by atoms with Crippen LogP contribution in [0.1, 0.15) is 12.8 Å². The quantitative estimate of drug-likeness (QED) is 0.548. The van der Waals surface area contributed by atoms with Crippen LogP contribution in [0, 0.1) is 5.92 Å². The number of halogens is 1. The summed E-state index contributed by atoms with van der Waals surface area (Å²) in [5.41, 5.74) is 2.39. The summed E-state index contributed by atoms with van der Waals surface area (Å²) in [6, 6.07) is 0. The number of hydrogen-bond acceptors (Lipinski definition) is 6. The first-order valence-corrected chi connectivity index (χ1v) is 6.49. The molecule has 1 fully saturated rings. The fraction of sp³-hybridized carbons (Fsp3) is 0.545. The molecule has 0 aromatic carbocycles. The van der Waals surface area contributed by atoms with Crippen LogP contribution in [0.4, 0.5) is 11.8 Å². The molecule has 1 aromatic rings. The Morgan fingerprint density at radius 1 is 1.63 bits per heavy atom. The molecule has 0 radical (unpaired) electrons. The van der Waals surface area contributed by atoms with Gasteiger partial charge >= 0.3 is 0 Å². The van der Waals surface area contributed by atoms with Crippen molar-refractivity contribution in [1.82, 2.24) is 15.3 Å². The highest BCUT2D eigenvalue weighted by molar-refractivity contribution is 6.32. The summed E-state index contributed by atoms with van der Waals surface area (Å²) in [6.45, 7) is 1.41. The van der Waals surface area contributed by atoms with Crippen LogP contribution in [-0.2, 0) is 4.79 Å². The molecular formula is C11H17ClN6O. The van der Waals surface area contributed by atoms with Crippen molar-refractivity contribution in [3.05, 3.63) is 11.2 Å². The van der Waals surface area contributed by atoms with Crippen molar-refractivity contribution in [3.8, 4) is 0 Å². The van der Waals surface area contributed by atoms with Gasteiger partial charge in [0, 0.05) is 20.1 Å². The summed E-state index contributed by atoms with van der Waals surface area (Å²) >= 11 is 6.11. The SMILES string of the molecule is CNC(=O)C1CCCN(c2nc(NN)ncc2Cl)C1. The molecule has 104 valence electrons. The first-order valence-electron chi connectivity index (χ1n) is 6.11. The Balaban J connectivity index is 2.19. The molecule has 1 amide bonds. The Morgan fingerprint density at radius 3 is 3.11 bits per heavy atom. The lowest BCUT2D eigenvalue weighted by Crippen LogP contribution is -2.42. The molecule has 1 atom stereocenters. The Labute approximate surface area is 116 Å². The monoisotopic (exact) mass is 284 g/mol. The van der Waals surface area contributed by atoms with Gasteiger partial charge in [-0.05, 0) is 12.8 Å². The van der Waals surface area contributed by atoms with Gasteiger partial charge in [0.15, 0.2) is 5.82 Å². The molecule has 2 heterocycles. The molecule has 0 aliphatic carbocycles. The van der Waals surface area contributed by atoms with Crippen molar-refractivity contribution in [2.75, 3.05) is 30.5 Å². The highest BCUT2D eigenvalue weighted by Crippen LogP contribution is 2.28. The second-order valence-electron chi connectivity index (χ2n) is 4.41. The van der Waals surface area contributed by atoms with Crippen molar-refractivity contribution < 1.29 is 4.79 Å². The lowest BCUT2D eigenvalue weighted by molar-refractivity contribution is -0.124. The molecular weight excluding hydrogens is 268 g/mol. The van der Waals surface area contributed by atoms with Gasteiger partial charge in [-0.15, -0.1) is 0 Å². The molecule has 8 heteroatoms. The number of nitrogen functional groups attached to an aromatic ring is 1. The third kappa shape index (κ3) is 3.05. The fourth-order valence-electron chi connectivity index (χ4n) is 2.24. The molecule has 1 saturated heterocycles. The highest BCUT2D eigenvalue weighted by Gasteiger charge is 2.27. The van der Waals surface area contributed by atoms with Crippen LogP contribution in [0.5, 0.6) is 0 Å². The standard InChI is InChI=1S/C11H17ClN6O/c1-14-10(19)7-3-2-4-18(6-7)9-8(12)5-15-11(16-9)17-13/h5,7H,2-4,6,13H2,1H3,(H,14,19)(H,15,16,17). The molecule has 1 unspecified atom stereocenters. The number of carbonyl (C=O) groups excluding carboxylic acids is 1. The fourth-order valence-corrected chi connectivity index (χ4v) is 2.45. The third-order valence-corrected chi connectivity index (χ3v) is 3.46. The van der Waals surface area contributed by atoms with Gasteiger partial charge in [0.25, 0.3) is 0 Å². The number of nitrogens with one attached hydrogen (secondary N) is 2. The van der Waals surface area contributed by atoms with E-state index in [9.17, 15) is 4.79 Å². The molecule has 0 bridgehead atoms. The maximum Gasteiger partial charge on any atom is 0.239 e. The predicted octanol–water partition coefficient (Wildman–Crippen LogP) is 0.378. The van der Waals surface area contributed by atoms with Crippen LogP contribution in [0.2, 0.25) is 5.02 Å². The van der Waals surface area contributed by atoms with E-state index < -0.39 is 0 Å². The van der Waals surface area contributed by atoms with E-state index >= 15 is 0 Å². The summed E-state index contributed by atoms with van der Waals surface area (Å²) in [7, 11) is 1.65. The zero-order valence-electron chi connectivity index (χ0n) is 10.7. The lowest BCUT2D eigenvalue weighted by atomic mass is 9.97. The van der Waals surface area contributed by atoms with Gasteiger partial charge in [0.05, 0.1) is 12.1 Å². The number of hydrazine groups is 1. The van der Waals surface area contributed by atoms with Gasteiger partial charge < -0.3 is 10.2 Å². The van der Waals surface area contributed by atoms with Crippen LogP contribution in [0.15, 0.2) is 6.20 Å². The first-order chi connectivity index (χ1) is 9.15. The Hall–Kier alpha value is -1.60. The van der Waals surface area contributed by atoms with Crippen LogP contribution in [0.3, 0.4) is 0 Å². The van der Waals surface area contributed by atoms with Gasteiger partial charge in [-0.25, -0.2) is 10.8 Å². The number of rotatable bonds is 3. The molecule has 0 saturated carbocycles. The van der Waals surface area contributed by atoms with Gasteiger partial charge in [0.1, 0.15) is 5.02 Å². The molecule has 19 heavy (non-hydrogen) atoms. The number of piperidine rings is 1. The number of carbonyl (C=O) groups is 1. The van der Waals surface area contributed by atoms with Crippen LogP contribution < -0.4 is 21.5 Å². The largest absolute Gasteiger partial charge is 0.359 e. The summed E-state index contributed by atoms with van der Waals surface area (Å²) in [5, 5.41) is 3.14. The molecule has 4 N–H and O–H groups in total. The van der Waals surface area contributed by atoms with Crippen LogP contribution >= 0.6 is 11.6 Å². The number of nitrogens with two attached hydrogens (primary N) is 1.